The maximum absolute atomic E-state index is 11.9. The molecule has 2 aromatic rings. The number of imide groups is 1. The van der Waals surface area contributed by atoms with E-state index in [0.717, 1.165) is 24.0 Å². The summed E-state index contributed by atoms with van der Waals surface area (Å²) in [5, 5.41) is 0. The van der Waals surface area contributed by atoms with Crippen LogP contribution in [0.4, 0.5) is 0 Å². The van der Waals surface area contributed by atoms with E-state index in [9.17, 15) is 14.4 Å². The van der Waals surface area contributed by atoms with E-state index in [1.54, 1.807) is 31.2 Å². The Hall–Kier alpha value is -3.73. The zero-order chi connectivity index (χ0) is 22.7. The lowest BCUT2D eigenvalue weighted by Crippen LogP contribution is -2.40. The second kappa shape index (κ2) is 9.18. The Morgan fingerprint density at radius 1 is 1.03 bits per heavy atom. The van der Waals surface area contributed by atoms with Crippen LogP contribution in [0.3, 0.4) is 0 Å². The van der Waals surface area contributed by atoms with Gasteiger partial charge in [0.15, 0.2) is 5.78 Å². The summed E-state index contributed by atoms with van der Waals surface area (Å²) in [6.07, 6.45) is 7.11. The summed E-state index contributed by atoms with van der Waals surface area (Å²) in [5.74, 6) is 0.219. The molecule has 32 heavy (non-hydrogen) atoms. The number of amides is 2. The minimum absolute atomic E-state index is 0.0569. The van der Waals surface area contributed by atoms with Crippen molar-refractivity contribution in [2.24, 2.45) is 0 Å². The van der Waals surface area contributed by atoms with Crippen molar-refractivity contribution in [2.75, 3.05) is 0 Å². The van der Waals surface area contributed by atoms with Crippen LogP contribution >= 0.6 is 0 Å². The van der Waals surface area contributed by atoms with E-state index in [2.05, 4.69) is 24.8 Å². The van der Waals surface area contributed by atoms with Crippen LogP contribution in [-0.2, 0) is 16.2 Å². The smallest absolute Gasteiger partial charge is 0.253 e. The molecule has 0 spiro atoms. The van der Waals surface area contributed by atoms with Crippen molar-refractivity contribution in [3.8, 4) is 5.75 Å². The Morgan fingerprint density at radius 2 is 1.69 bits per heavy atom. The van der Waals surface area contributed by atoms with Gasteiger partial charge >= 0.3 is 0 Å². The van der Waals surface area contributed by atoms with E-state index in [4.69, 9.17) is 4.74 Å². The van der Waals surface area contributed by atoms with Crippen LogP contribution in [0.5, 0.6) is 5.75 Å². The first-order chi connectivity index (χ1) is 15.4. The summed E-state index contributed by atoms with van der Waals surface area (Å²) in [7, 11) is 0. The van der Waals surface area contributed by atoms with Crippen LogP contribution in [-0.4, -0.2) is 28.5 Å². The number of hydrogen-bond donors (Lipinski definition) is 0. The normalized spacial score (nSPS) is 18.0. The molecule has 5 nitrogen and oxygen atoms in total. The lowest BCUT2D eigenvalue weighted by Gasteiger charge is -2.29. The van der Waals surface area contributed by atoms with Crippen LogP contribution in [0.25, 0.3) is 5.57 Å². The minimum Gasteiger partial charge on any atom is -0.489 e. The third-order valence-corrected chi connectivity index (χ3v) is 5.83. The summed E-state index contributed by atoms with van der Waals surface area (Å²) in [4.78, 5) is 37.1. The molecule has 2 aromatic carbocycles. The van der Waals surface area contributed by atoms with Crippen molar-refractivity contribution in [3.63, 3.8) is 0 Å². The van der Waals surface area contributed by atoms with Gasteiger partial charge in [0, 0.05) is 23.8 Å². The largest absolute Gasteiger partial charge is 0.489 e. The number of carbonyl (C=O) groups excluding carboxylic acids is 3. The first-order valence-corrected chi connectivity index (χ1v) is 10.7. The van der Waals surface area contributed by atoms with E-state index in [1.165, 1.54) is 22.6 Å². The van der Waals surface area contributed by atoms with Gasteiger partial charge in [-0.25, -0.2) is 0 Å². The van der Waals surface area contributed by atoms with Crippen molar-refractivity contribution >= 4 is 23.2 Å². The molecule has 1 aliphatic carbocycles. The Morgan fingerprint density at radius 3 is 2.25 bits per heavy atom. The molecule has 0 radical (unpaired) electrons. The number of carbonyl (C=O) groups is 3. The van der Waals surface area contributed by atoms with Crippen LogP contribution in [0, 0.1) is 0 Å². The van der Waals surface area contributed by atoms with Gasteiger partial charge in [-0.3, -0.25) is 19.3 Å². The van der Waals surface area contributed by atoms with Gasteiger partial charge in [0.25, 0.3) is 11.8 Å². The summed E-state index contributed by atoms with van der Waals surface area (Å²) >= 11 is 0. The Balaban J connectivity index is 1.33. The number of ether oxygens (including phenoxy) is 1. The zero-order valence-corrected chi connectivity index (χ0v) is 18.0. The lowest BCUT2D eigenvalue weighted by molar-refractivity contribution is -0.139. The average Bonchev–Trinajstić information content (AvgIpc) is 3.16. The van der Waals surface area contributed by atoms with E-state index in [1.807, 2.05) is 12.1 Å². The van der Waals surface area contributed by atoms with Crippen LogP contribution in [0.15, 0.2) is 78.9 Å². The van der Waals surface area contributed by atoms with Gasteiger partial charge in [-0.15, -0.1) is 0 Å². The second-order valence-corrected chi connectivity index (χ2v) is 8.16. The van der Waals surface area contributed by atoms with E-state index >= 15 is 0 Å². The number of hydrogen-bond acceptors (Lipinski definition) is 4. The average molecular weight is 428 g/mol. The fourth-order valence-electron chi connectivity index (χ4n) is 4.02. The van der Waals surface area contributed by atoms with E-state index in [0.29, 0.717) is 29.9 Å². The molecule has 0 saturated carbocycles. The fourth-order valence-corrected chi connectivity index (χ4v) is 4.02. The summed E-state index contributed by atoms with van der Waals surface area (Å²) in [6.45, 7) is 5.81. The van der Waals surface area contributed by atoms with Gasteiger partial charge < -0.3 is 4.74 Å². The number of allylic oxidation sites excluding steroid dienone is 2. The molecule has 1 atom stereocenters. The molecule has 4 rings (SSSR count). The van der Waals surface area contributed by atoms with Gasteiger partial charge in [-0.2, -0.15) is 0 Å². The van der Waals surface area contributed by atoms with Crippen molar-refractivity contribution < 1.29 is 19.1 Å². The summed E-state index contributed by atoms with van der Waals surface area (Å²) in [6, 6.07) is 15.3. The highest BCUT2D eigenvalue weighted by atomic mass is 16.5. The quantitative estimate of drug-likeness (QED) is 0.359. The molecule has 0 saturated heterocycles. The molecule has 0 aromatic heterocycles. The monoisotopic (exact) mass is 427 g/mol. The van der Waals surface area contributed by atoms with Crippen LogP contribution in [0.1, 0.15) is 47.7 Å². The molecule has 5 heteroatoms. The third-order valence-electron chi connectivity index (χ3n) is 5.83. The maximum atomic E-state index is 11.9. The number of benzene rings is 2. The first-order valence-electron chi connectivity index (χ1n) is 10.7. The van der Waals surface area contributed by atoms with Gasteiger partial charge in [0.05, 0.1) is 0 Å². The number of ketones is 1. The van der Waals surface area contributed by atoms with Crippen LogP contribution < -0.4 is 4.74 Å². The van der Waals surface area contributed by atoms with Crippen molar-refractivity contribution in [1.29, 1.82) is 0 Å². The highest BCUT2D eigenvalue weighted by Crippen LogP contribution is 2.30. The van der Waals surface area contributed by atoms with Crippen molar-refractivity contribution in [2.45, 2.75) is 38.8 Å². The SMILES string of the molecule is C=C(C)C(=O)c1ccc(OCc2ccc(C3=CCC(N4C(=O)C=CC4=O)CC3)cc2)cc1. The van der Waals surface area contributed by atoms with E-state index < -0.39 is 0 Å². The molecule has 2 aliphatic rings. The third kappa shape index (κ3) is 4.62. The Labute approximate surface area is 187 Å². The van der Waals surface area contributed by atoms with Crippen molar-refractivity contribution in [1.82, 2.24) is 4.90 Å². The molecule has 0 bridgehead atoms. The van der Waals surface area contributed by atoms with Gasteiger partial charge in [-0.1, -0.05) is 36.9 Å². The van der Waals surface area contributed by atoms with Gasteiger partial charge in [-0.05, 0) is 72.7 Å². The molecular weight excluding hydrogens is 402 g/mol. The number of Topliss-reactive ketones (excluding diaryl/α,β-unsaturated/α-hetero) is 1. The molecule has 162 valence electrons. The zero-order valence-electron chi connectivity index (χ0n) is 18.0. The number of rotatable bonds is 7. The summed E-state index contributed by atoms with van der Waals surface area (Å²) < 4.78 is 5.84. The summed E-state index contributed by atoms with van der Waals surface area (Å²) in [5.41, 5.74) is 4.54. The Kier molecular flexibility index (Phi) is 6.17. The first kappa shape index (κ1) is 21.5. The van der Waals surface area contributed by atoms with E-state index in [-0.39, 0.29) is 23.6 Å². The van der Waals surface area contributed by atoms with Gasteiger partial charge in [0.1, 0.15) is 12.4 Å². The van der Waals surface area contributed by atoms with Crippen molar-refractivity contribution in [3.05, 3.63) is 95.6 Å². The molecule has 1 aliphatic heterocycles. The fraction of sp³-hybridized carbons (Fsp3) is 0.222. The maximum Gasteiger partial charge on any atom is 0.253 e. The van der Waals surface area contributed by atoms with Gasteiger partial charge in [0.2, 0.25) is 0 Å². The second-order valence-electron chi connectivity index (χ2n) is 8.16. The predicted octanol–water partition coefficient (Wildman–Crippen LogP) is 4.89. The molecule has 0 N–H and O–H groups in total. The molecule has 1 heterocycles. The number of nitrogens with zero attached hydrogens (tertiary/aromatic N) is 1. The van der Waals surface area contributed by atoms with Crippen LogP contribution in [0.2, 0.25) is 0 Å². The topological polar surface area (TPSA) is 63.7 Å². The highest BCUT2D eigenvalue weighted by Gasteiger charge is 2.31. The standard InChI is InChI=1S/C27H25NO4/c1-18(2)27(31)22-9-13-24(14-10-22)32-17-19-3-5-20(6-4-19)21-7-11-23(12-8-21)28-25(29)15-16-26(28)30/h3-7,9-10,13-16,23H,1,8,11-12,17H2,2H3. The molecule has 2 amide bonds. The minimum atomic E-state index is -0.210. The lowest BCUT2D eigenvalue weighted by atomic mass is 9.89. The molecule has 1 unspecified atom stereocenters. The predicted molar refractivity (Wildman–Crippen MR) is 123 cm³/mol. The Bertz CT molecular complexity index is 1110. The highest BCUT2D eigenvalue weighted by molar-refractivity contribution is 6.13. The molecular formula is C27H25NO4. The molecule has 0 fully saturated rings.